The Labute approximate surface area is 128 Å². The van der Waals surface area contributed by atoms with Gasteiger partial charge in [0.2, 0.25) is 6.10 Å². The molecule has 1 rings (SSSR count). The van der Waals surface area contributed by atoms with Gasteiger partial charge in [-0.1, -0.05) is 48.0 Å². The Balaban J connectivity index is 2.96. The van der Waals surface area contributed by atoms with Crippen molar-refractivity contribution < 1.29 is 19.1 Å². The molecule has 122 valence electrons. The number of esters is 2. The zero-order chi connectivity index (χ0) is 16.5. The molecule has 21 heavy (non-hydrogen) atoms. The van der Waals surface area contributed by atoms with E-state index < -0.39 is 17.5 Å². The van der Waals surface area contributed by atoms with Gasteiger partial charge >= 0.3 is 11.9 Å². The van der Waals surface area contributed by atoms with Crippen LogP contribution in [0, 0.1) is 16.2 Å². The van der Waals surface area contributed by atoms with E-state index in [0.717, 1.165) is 12.8 Å². The van der Waals surface area contributed by atoms with Crippen LogP contribution in [0.15, 0.2) is 0 Å². The van der Waals surface area contributed by atoms with Crippen molar-refractivity contribution in [3.8, 4) is 0 Å². The highest BCUT2D eigenvalue weighted by Crippen LogP contribution is 2.48. The molecule has 4 heteroatoms. The molecule has 0 amide bonds. The normalized spacial score (nSPS) is 22.6. The van der Waals surface area contributed by atoms with Crippen LogP contribution < -0.4 is 0 Å². The van der Waals surface area contributed by atoms with Gasteiger partial charge in [-0.2, -0.15) is 0 Å². The molecule has 1 saturated heterocycles. The quantitative estimate of drug-likeness (QED) is 0.726. The fourth-order valence-corrected chi connectivity index (χ4v) is 2.57. The average Bonchev–Trinajstić information content (AvgIpc) is 2.73. The molecule has 1 fully saturated rings. The minimum atomic E-state index is -0.732. The minimum absolute atomic E-state index is 0.0389. The van der Waals surface area contributed by atoms with Gasteiger partial charge in [0, 0.05) is 6.42 Å². The summed E-state index contributed by atoms with van der Waals surface area (Å²) in [5, 5.41) is 0. The van der Waals surface area contributed by atoms with Crippen molar-refractivity contribution in [1.29, 1.82) is 0 Å². The Morgan fingerprint density at radius 1 is 1.24 bits per heavy atom. The lowest BCUT2D eigenvalue weighted by Gasteiger charge is -2.44. The summed E-state index contributed by atoms with van der Waals surface area (Å²) in [6.07, 6.45) is 1.43. The molecule has 2 atom stereocenters. The van der Waals surface area contributed by atoms with Gasteiger partial charge in [-0.15, -0.1) is 0 Å². The Morgan fingerprint density at radius 3 is 2.19 bits per heavy atom. The van der Waals surface area contributed by atoms with Crippen LogP contribution in [-0.4, -0.2) is 24.6 Å². The van der Waals surface area contributed by atoms with E-state index >= 15 is 0 Å². The molecule has 0 aliphatic carbocycles. The van der Waals surface area contributed by atoms with Gasteiger partial charge in [0.1, 0.15) is 0 Å². The molecular formula is C17H30O4. The van der Waals surface area contributed by atoms with Crippen LogP contribution in [-0.2, 0) is 19.1 Å². The van der Waals surface area contributed by atoms with Crippen LogP contribution in [0.25, 0.3) is 0 Å². The first-order valence-corrected chi connectivity index (χ1v) is 7.81. The molecule has 0 aromatic rings. The molecule has 0 aromatic carbocycles. The molecule has 2 unspecified atom stereocenters. The Hall–Kier alpha value is -1.06. The zero-order valence-corrected chi connectivity index (χ0v) is 14.5. The Kier molecular flexibility index (Phi) is 5.12. The molecule has 0 radical (unpaired) electrons. The van der Waals surface area contributed by atoms with Crippen molar-refractivity contribution in [2.24, 2.45) is 16.2 Å². The molecule has 1 aliphatic heterocycles. The van der Waals surface area contributed by atoms with Crippen LogP contribution in [0.3, 0.4) is 0 Å². The van der Waals surface area contributed by atoms with Gasteiger partial charge < -0.3 is 9.47 Å². The van der Waals surface area contributed by atoms with Crippen LogP contribution in [0.5, 0.6) is 0 Å². The number of rotatable bonds is 5. The lowest BCUT2D eigenvalue weighted by molar-refractivity contribution is -0.175. The maximum atomic E-state index is 12.8. The van der Waals surface area contributed by atoms with Crippen molar-refractivity contribution in [2.75, 3.05) is 6.61 Å². The van der Waals surface area contributed by atoms with E-state index in [0.29, 0.717) is 13.0 Å². The van der Waals surface area contributed by atoms with E-state index in [9.17, 15) is 9.59 Å². The first kappa shape index (κ1) is 18.0. The highest BCUT2D eigenvalue weighted by atomic mass is 16.6. The Morgan fingerprint density at radius 2 is 1.81 bits per heavy atom. The topological polar surface area (TPSA) is 52.6 Å². The fraction of sp³-hybridized carbons (Fsp3) is 0.882. The lowest BCUT2D eigenvalue weighted by Crippen LogP contribution is -2.46. The number of ether oxygens (including phenoxy) is 2. The number of hydrogen-bond acceptors (Lipinski definition) is 4. The number of hydrogen-bond donors (Lipinski definition) is 0. The third-order valence-electron chi connectivity index (χ3n) is 5.03. The molecule has 0 spiro atoms. The fourth-order valence-electron chi connectivity index (χ4n) is 2.57. The molecular weight excluding hydrogens is 268 g/mol. The summed E-state index contributed by atoms with van der Waals surface area (Å²) in [6.45, 7) is 14.9. The highest BCUT2D eigenvalue weighted by molar-refractivity contribution is 5.83. The summed E-state index contributed by atoms with van der Waals surface area (Å²) < 4.78 is 10.4. The van der Waals surface area contributed by atoms with Crippen molar-refractivity contribution in [1.82, 2.24) is 0 Å². The van der Waals surface area contributed by atoms with E-state index in [1.807, 2.05) is 27.7 Å². The molecule has 0 aromatic heterocycles. The van der Waals surface area contributed by atoms with Gasteiger partial charge in [0.05, 0.1) is 12.0 Å². The van der Waals surface area contributed by atoms with E-state index in [1.165, 1.54) is 0 Å². The van der Waals surface area contributed by atoms with Crippen molar-refractivity contribution in [3.63, 3.8) is 0 Å². The number of cyclic esters (lactones) is 1. The standard InChI is InChI=1S/C17H30O4/c1-8-16(5,6)11-17(7,15(2,3)4)14(19)21-12-9-10-20-13(12)18/h12H,8-11H2,1-7H3. The summed E-state index contributed by atoms with van der Waals surface area (Å²) in [5.41, 5.74) is -0.856. The van der Waals surface area contributed by atoms with Gasteiger partial charge in [0.15, 0.2) is 0 Å². The molecule has 4 nitrogen and oxygen atoms in total. The molecule has 1 heterocycles. The van der Waals surface area contributed by atoms with E-state index in [-0.39, 0.29) is 16.8 Å². The maximum absolute atomic E-state index is 12.8. The second-order valence-corrected chi connectivity index (χ2v) is 8.13. The number of carbonyl (C=O) groups excluding carboxylic acids is 2. The summed E-state index contributed by atoms with van der Waals surface area (Å²) in [5.74, 6) is -0.713. The predicted octanol–water partition coefficient (Wildman–Crippen LogP) is 3.72. The van der Waals surface area contributed by atoms with Crippen LogP contribution >= 0.6 is 0 Å². The summed E-state index contributed by atoms with van der Waals surface area (Å²) >= 11 is 0. The minimum Gasteiger partial charge on any atom is -0.463 e. The van der Waals surface area contributed by atoms with E-state index in [4.69, 9.17) is 9.47 Å². The lowest BCUT2D eigenvalue weighted by atomic mass is 9.60. The second kappa shape index (κ2) is 5.98. The summed E-state index contributed by atoms with van der Waals surface area (Å²) in [7, 11) is 0. The van der Waals surface area contributed by atoms with Crippen molar-refractivity contribution in [3.05, 3.63) is 0 Å². The molecule has 0 N–H and O–H groups in total. The van der Waals surface area contributed by atoms with Crippen LogP contribution in [0.2, 0.25) is 0 Å². The summed E-state index contributed by atoms with van der Waals surface area (Å²) in [6, 6.07) is 0. The second-order valence-electron chi connectivity index (χ2n) is 8.13. The van der Waals surface area contributed by atoms with E-state index in [1.54, 1.807) is 0 Å². The van der Waals surface area contributed by atoms with Crippen molar-refractivity contribution in [2.45, 2.75) is 73.8 Å². The third kappa shape index (κ3) is 3.98. The maximum Gasteiger partial charge on any atom is 0.347 e. The number of carbonyl (C=O) groups is 2. The van der Waals surface area contributed by atoms with Gasteiger partial charge in [-0.3, -0.25) is 4.79 Å². The SMILES string of the molecule is CCC(C)(C)CC(C)(C(=O)OC1CCOC1=O)C(C)(C)C. The highest BCUT2D eigenvalue weighted by Gasteiger charge is 2.49. The van der Waals surface area contributed by atoms with Crippen LogP contribution in [0.1, 0.15) is 67.7 Å². The first-order valence-electron chi connectivity index (χ1n) is 7.81. The molecule has 0 bridgehead atoms. The third-order valence-corrected chi connectivity index (χ3v) is 5.03. The Bertz CT molecular complexity index is 406. The van der Waals surface area contributed by atoms with Gasteiger partial charge in [-0.05, 0) is 24.2 Å². The molecule has 0 saturated carbocycles. The smallest absolute Gasteiger partial charge is 0.347 e. The largest absolute Gasteiger partial charge is 0.463 e. The van der Waals surface area contributed by atoms with Crippen LogP contribution in [0.4, 0.5) is 0 Å². The van der Waals surface area contributed by atoms with Gasteiger partial charge in [0.25, 0.3) is 0 Å². The van der Waals surface area contributed by atoms with Gasteiger partial charge in [-0.25, -0.2) is 4.79 Å². The summed E-state index contributed by atoms with van der Waals surface area (Å²) in [4.78, 5) is 24.3. The van der Waals surface area contributed by atoms with E-state index in [2.05, 4.69) is 20.8 Å². The monoisotopic (exact) mass is 298 g/mol. The predicted molar refractivity (Wildman–Crippen MR) is 81.7 cm³/mol. The average molecular weight is 298 g/mol. The first-order chi connectivity index (χ1) is 9.43. The molecule has 1 aliphatic rings. The zero-order valence-electron chi connectivity index (χ0n) is 14.5. The van der Waals surface area contributed by atoms with Crippen molar-refractivity contribution >= 4 is 11.9 Å².